The van der Waals surface area contributed by atoms with E-state index in [0.717, 1.165) is 12.8 Å². The van der Waals surface area contributed by atoms with Gasteiger partial charge in [0.05, 0.1) is 5.25 Å². The van der Waals surface area contributed by atoms with Crippen LogP contribution in [0.25, 0.3) is 0 Å². The molecule has 0 saturated heterocycles. The van der Waals surface area contributed by atoms with E-state index >= 15 is 0 Å². The van der Waals surface area contributed by atoms with Crippen molar-refractivity contribution in [1.29, 1.82) is 0 Å². The van der Waals surface area contributed by atoms with Gasteiger partial charge in [0.1, 0.15) is 0 Å². The zero-order chi connectivity index (χ0) is 10.6. The molecule has 14 heavy (non-hydrogen) atoms. The largest absolute Gasteiger partial charge is 0.329 e. The summed E-state index contributed by atoms with van der Waals surface area (Å²) in [4.78, 5) is 0. The molecule has 1 aliphatic carbocycles. The lowest BCUT2D eigenvalue weighted by molar-refractivity contribution is 0.342. The first-order valence-corrected chi connectivity index (χ1v) is 7.25. The standard InChI is InChI=1S/C10H21NO2S/c1-2-14(12,13)10(8-11)9-6-4-3-5-7-9/h9-10H,2-8,11H2,1H3/t10-/m0/s1. The van der Waals surface area contributed by atoms with E-state index in [1.165, 1.54) is 19.3 Å². The lowest BCUT2D eigenvalue weighted by Gasteiger charge is -2.28. The number of hydrogen-bond donors (Lipinski definition) is 1. The van der Waals surface area contributed by atoms with Crippen LogP contribution in [0.4, 0.5) is 0 Å². The molecule has 0 amide bonds. The summed E-state index contributed by atoms with van der Waals surface area (Å²) in [7, 11) is -2.93. The van der Waals surface area contributed by atoms with Crippen LogP contribution in [0.5, 0.6) is 0 Å². The lowest BCUT2D eigenvalue weighted by atomic mass is 9.87. The molecule has 0 unspecified atom stereocenters. The summed E-state index contributed by atoms with van der Waals surface area (Å²) in [5.41, 5.74) is 5.59. The van der Waals surface area contributed by atoms with E-state index in [9.17, 15) is 8.42 Å². The zero-order valence-corrected chi connectivity index (χ0v) is 9.72. The van der Waals surface area contributed by atoms with Gasteiger partial charge in [-0.25, -0.2) is 8.42 Å². The molecule has 0 aromatic heterocycles. The molecule has 1 rings (SSSR count). The second kappa shape index (κ2) is 5.12. The predicted molar refractivity (Wildman–Crippen MR) is 58.9 cm³/mol. The van der Waals surface area contributed by atoms with Crippen molar-refractivity contribution in [2.45, 2.75) is 44.3 Å². The van der Waals surface area contributed by atoms with Crippen molar-refractivity contribution in [2.75, 3.05) is 12.3 Å². The fourth-order valence-electron chi connectivity index (χ4n) is 2.35. The number of rotatable bonds is 4. The van der Waals surface area contributed by atoms with Crippen molar-refractivity contribution in [1.82, 2.24) is 0 Å². The third-order valence-electron chi connectivity index (χ3n) is 3.27. The molecule has 3 nitrogen and oxygen atoms in total. The summed E-state index contributed by atoms with van der Waals surface area (Å²) >= 11 is 0. The summed E-state index contributed by atoms with van der Waals surface area (Å²) in [5.74, 6) is 0.546. The van der Waals surface area contributed by atoms with Gasteiger partial charge < -0.3 is 5.73 Å². The Morgan fingerprint density at radius 3 is 2.29 bits per heavy atom. The summed E-state index contributed by atoms with van der Waals surface area (Å²) < 4.78 is 23.5. The molecular formula is C10H21NO2S. The van der Waals surface area contributed by atoms with Crippen LogP contribution >= 0.6 is 0 Å². The molecule has 0 aromatic carbocycles. The molecule has 4 heteroatoms. The van der Waals surface area contributed by atoms with Gasteiger partial charge in [-0.05, 0) is 18.8 Å². The van der Waals surface area contributed by atoms with Gasteiger partial charge in [-0.1, -0.05) is 26.2 Å². The molecule has 0 aliphatic heterocycles. The van der Waals surface area contributed by atoms with Crippen LogP contribution < -0.4 is 5.73 Å². The average molecular weight is 219 g/mol. The second-order valence-corrected chi connectivity index (χ2v) is 6.63. The molecule has 84 valence electrons. The van der Waals surface area contributed by atoms with E-state index in [1.54, 1.807) is 6.92 Å². The highest BCUT2D eigenvalue weighted by atomic mass is 32.2. The Bertz CT molecular complexity index is 255. The minimum absolute atomic E-state index is 0.228. The first kappa shape index (κ1) is 12.0. The molecule has 1 saturated carbocycles. The van der Waals surface area contributed by atoms with Gasteiger partial charge in [0.2, 0.25) is 0 Å². The van der Waals surface area contributed by atoms with Gasteiger partial charge in [0.15, 0.2) is 9.84 Å². The first-order valence-electron chi connectivity index (χ1n) is 5.53. The molecular weight excluding hydrogens is 198 g/mol. The van der Waals surface area contributed by atoms with E-state index < -0.39 is 9.84 Å². The highest BCUT2D eigenvalue weighted by molar-refractivity contribution is 7.92. The molecule has 1 aliphatic rings. The Hall–Kier alpha value is -0.0900. The predicted octanol–water partition coefficient (Wildman–Crippen LogP) is 1.33. The highest BCUT2D eigenvalue weighted by Gasteiger charge is 2.31. The van der Waals surface area contributed by atoms with E-state index in [2.05, 4.69) is 0 Å². The molecule has 1 fully saturated rings. The fraction of sp³-hybridized carbons (Fsp3) is 1.00. The van der Waals surface area contributed by atoms with Crippen LogP contribution in [-0.4, -0.2) is 26.0 Å². The van der Waals surface area contributed by atoms with E-state index in [-0.39, 0.29) is 11.0 Å². The summed E-state index contributed by atoms with van der Waals surface area (Å²) in [6.07, 6.45) is 5.67. The van der Waals surface area contributed by atoms with Crippen molar-refractivity contribution < 1.29 is 8.42 Å². The van der Waals surface area contributed by atoms with Crippen LogP contribution in [0.2, 0.25) is 0 Å². The number of nitrogens with two attached hydrogens (primary N) is 1. The Morgan fingerprint density at radius 1 is 1.29 bits per heavy atom. The van der Waals surface area contributed by atoms with Crippen molar-refractivity contribution in [3.8, 4) is 0 Å². The molecule has 0 spiro atoms. The van der Waals surface area contributed by atoms with E-state index in [4.69, 9.17) is 5.73 Å². The van der Waals surface area contributed by atoms with Crippen molar-refractivity contribution in [3.63, 3.8) is 0 Å². The Morgan fingerprint density at radius 2 is 1.86 bits per heavy atom. The Labute approximate surface area is 87.0 Å². The smallest absolute Gasteiger partial charge is 0.154 e. The molecule has 0 radical (unpaired) electrons. The third kappa shape index (κ3) is 2.70. The average Bonchev–Trinajstić information content (AvgIpc) is 2.20. The maximum absolute atomic E-state index is 11.7. The first-order chi connectivity index (χ1) is 6.61. The van der Waals surface area contributed by atoms with Crippen LogP contribution in [0.1, 0.15) is 39.0 Å². The maximum atomic E-state index is 11.7. The number of hydrogen-bond acceptors (Lipinski definition) is 3. The normalized spacial score (nSPS) is 22.1. The van der Waals surface area contributed by atoms with Crippen LogP contribution in [0.15, 0.2) is 0 Å². The summed E-state index contributed by atoms with van der Waals surface area (Å²) in [6, 6.07) is 0. The topological polar surface area (TPSA) is 60.2 Å². The van der Waals surface area contributed by atoms with Crippen molar-refractivity contribution in [2.24, 2.45) is 11.7 Å². The second-order valence-electron chi connectivity index (χ2n) is 4.12. The maximum Gasteiger partial charge on any atom is 0.154 e. The molecule has 0 heterocycles. The van der Waals surface area contributed by atoms with Gasteiger partial charge in [0.25, 0.3) is 0 Å². The lowest BCUT2D eigenvalue weighted by Crippen LogP contribution is -2.38. The van der Waals surface area contributed by atoms with Crippen LogP contribution in [-0.2, 0) is 9.84 Å². The van der Waals surface area contributed by atoms with Gasteiger partial charge in [0, 0.05) is 12.3 Å². The van der Waals surface area contributed by atoms with Gasteiger partial charge >= 0.3 is 0 Å². The molecule has 0 bridgehead atoms. The minimum Gasteiger partial charge on any atom is -0.329 e. The van der Waals surface area contributed by atoms with Crippen molar-refractivity contribution in [3.05, 3.63) is 0 Å². The van der Waals surface area contributed by atoms with E-state index in [1.807, 2.05) is 0 Å². The quantitative estimate of drug-likeness (QED) is 0.776. The SMILES string of the molecule is CCS(=O)(=O)[C@@H](CN)C1CCCCC1. The van der Waals surface area contributed by atoms with Crippen LogP contribution in [0.3, 0.4) is 0 Å². The van der Waals surface area contributed by atoms with Crippen molar-refractivity contribution >= 4 is 9.84 Å². The van der Waals surface area contributed by atoms with Gasteiger partial charge in [-0.2, -0.15) is 0 Å². The zero-order valence-electron chi connectivity index (χ0n) is 8.91. The molecule has 2 N–H and O–H groups in total. The fourth-order valence-corrected chi connectivity index (χ4v) is 3.93. The number of sulfone groups is 1. The summed E-state index contributed by atoms with van der Waals surface area (Å²) in [6.45, 7) is 2.00. The molecule has 1 atom stereocenters. The van der Waals surface area contributed by atoms with Gasteiger partial charge in [-0.3, -0.25) is 0 Å². The molecule has 0 aromatic rings. The monoisotopic (exact) mass is 219 g/mol. The minimum atomic E-state index is -2.93. The summed E-state index contributed by atoms with van der Waals surface area (Å²) in [5, 5.41) is -0.284. The Kier molecular flexibility index (Phi) is 4.38. The Balaban J connectivity index is 2.70. The van der Waals surface area contributed by atoms with E-state index in [0.29, 0.717) is 12.5 Å². The van der Waals surface area contributed by atoms with Gasteiger partial charge in [-0.15, -0.1) is 0 Å². The highest BCUT2D eigenvalue weighted by Crippen LogP contribution is 2.29. The third-order valence-corrected chi connectivity index (χ3v) is 5.58. The van der Waals surface area contributed by atoms with Crippen LogP contribution in [0, 0.1) is 5.92 Å².